The van der Waals surface area contributed by atoms with Crippen LogP contribution in [0, 0.1) is 5.82 Å². The maximum absolute atomic E-state index is 13.1. The van der Waals surface area contributed by atoms with E-state index in [2.05, 4.69) is 0 Å². The summed E-state index contributed by atoms with van der Waals surface area (Å²) in [6, 6.07) is 11.8. The Bertz CT molecular complexity index is 600. The molecule has 1 aliphatic heterocycles. The molecule has 0 aromatic heterocycles. The number of benzene rings is 2. The van der Waals surface area contributed by atoms with Crippen molar-refractivity contribution in [2.75, 3.05) is 5.75 Å². The van der Waals surface area contributed by atoms with Gasteiger partial charge in [-0.15, -0.1) is 11.8 Å². The van der Waals surface area contributed by atoms with E-state index < -0.39 is 0 Å². The molecule has 2 nitrogen and oxygen atoms in total. The molecule has 2 aromatic rings. The van der Waals surface area contributed by atoms with Gasteiger partial charge in [-0.1, -0.05) is 6.07 Å². The molecule has 1 aliphatic rings. The molecule has 0 radical (unpaired) electrons. The standard InChI is InChI=1S/C15H13FO2S/c16-11-4-5-15-10(6-11)7-13(18-15)9-19-14-3-1-2-12(17)8-14/h1-6,8,13,17H,7,9H2. The highest BCUT2D eigenvalue weighted by Gasteiger charge is 2.23. The first-order valence-electron chi connectivity index (χ1n) is 6.07. The van der Waals surface area contributed by atoms with E-state index in [1.54, 1.807) is 30.0 Å². The van der Waals surface area contributed by atoms with E-state index in [-0.39, 0.29) is 17.7 Å². The van der Waals surface area contributed by atoms with Gasteiger partial charge in [-0.3, -0.25) is 0 Å². The summed E-state index contributed by atoms with van der Waals surface area (Å²) in [5.74, 6) is 1.61. The zero-order valence-electron chi connectivity index (χ0n) is 10.2. The lowest BCUT2D eigenvalue weighted by Gasteiger charge is -2.10. The maximum atomic E-state index is 13.1. The molecule has 3 rings (SSSR count). The van der Waals surface area contributed by atoms with Crippen LogP contribution in [0.1, 0.15) is 5.56 Å². The Balaban J connectivity index is 1.62. The van der Waals surface area contributed by atoms with Crippen molar-refractivity contribution in [2.24, 2.45) is 0 Å². The van der Waals surface area contributed by atoms with Gasteiger partial charge < -0.3 is 9.84 Å². The number of rotatable bonds is 3. The van der Waals surface area contributed by atoms with Crippen LogP contribution in [0.25, 0.3) is 0 Å². The lowest BCUT2D eigenvalue weighted by Crippen LogP contribution is -2.15. The van der Waals surface area contributed by atoms with Crippen molar-refractivity contribution in [1.29, 1.82) is 0 Å². The fourth-order valence-corrected chi connectivity index (χ4v) is 3.09. The first-order valence-corrected chi connectivity index (χ1v) is 7.06. The second-order valence-corrected chi connectivity index (χ2v) is 5.60. The van der Waals surface area contributed by atoms with Gasteiger partial charge in [0.15, 0.2) is 0 Å². The van der Waals surface area contributed by atoms with Gasteiger partial charge in [0.25, 0.3) is 0 Å². The quantitative estimate of drug-likeness (QED) is 0.868. The van der Waals surface area contributed by atoms with E-state index in [4.69, 9.17) is 4.74 Å². The van der Waals surface area contributed by atoms with Gasteiger partial charge in [-0.25, -0.2) is 4.39 Å². The monoisotopic (exact) mass is 276 g/mol. The van der Waals surface area contributed by atoms with Gasteiger partial charge in [0, 0.05) is 22.6 Å². The summed E-state index contributed by atoms with van der Waals surface area (Å²) in [6.45, 7) is 0. The Morgan fingerprint density at radius 1 is 1.26 bits per heavy atom. The van der Waals surface area contributed by atoms with Gasteiger partial charge in [0.05, 0.1) is 0 Å². The Morgan fingerprint density at radius 3 is 3.00 bits per heavy atom. The molecule has 2 aromatic carbocycles. The first-order chi connectivity index (χ1) is 9.20. The molecule has 4 heteroatoms. The lowest BCUT2D eigenvalue weighted by molar-refractivity contribution is 0.259. The van der Waals surface area contributed by atoms with Crippen molar-refractivity contribution in [2.45, 2.75) is 17.4 Å². The molecule has 1 heterocycles. The van der Waals surface area contributed by atoms with Crippen LogP contribution in [0.2, 0.25) is 0 Å². The first kappa shape index (κ1) is 12.4. The van der Waals surface area contributed by atoms with Crippen molar-refractivity contribution >= 4 is 11.8 Å². The number of phenolic OH excluding ortho intramolecular Hbond substituents is 1. The summed E-state index contributed by atoms with van der Waals surface area (Å²) in [4.78, 5) is 1.01. The molecular formula is C15H13FO2S. The van der Waals surface area contributed by atoms with Gasteiger partial charge in [-0.2, -0.15) is 0 Å². The normalized spacial score (nSPS) is 17.0. The number of aromatic hydroxyl groups is 1. The number of thioether (sulfide) groups is 1. The smallest absolute Gasteiger partial charge is 0.123 e. The molecular weight excluding hydrogens is 263 g/mol. The Hall–Kier alpha value is -1.68. The number of phenols is 1. The number of hydrogen-bond donors (Lipinski definition) is 1. The van der Waals surface area contributed by atoms with Gasteiger partial charge in [-0.05, 0) is 36.4 Å². The topological polar surface area (TPSA) is 29.5 Å². The highest BCUT2D eigenvalue weighted by Crippen LogP contribution is 2.32. The largest absolute Gasteiger partial charge is 0.508 e. The van der Waals surface area contributed by atoms with E-state index in [0.717, 1.165) is 28.4 Å². The molecule has 0 bridgehead atoms. The van der Waals surface area contributed by atoms with E-state index in [1.165, 1.54) is 12.1 Å². The summed E-state index contributed by atoms with van der Waals surface area (Å²) in [5.41, 5.74) is 0.932. The minimum absolute atomic E-state index is 0.0594. The van der Waals surface area contributed by atoms with Crippen LogP contribution in [0.3, 0.4) is 0 Å². The minimum atomic E-state index is -0.219. The molecule has 0 fully saturated rings. The molecule has 0 saturated carbocycles. The third kappa shape index (κ3) is 2.84. The molecule has 1 N–H and O–H groups in total. The molecule has 0 spiro atoms. The van der Waals surface area contributed by atoms with Gasteiger partial charge >= 0.3 is 0 Å². The predicted molar refractivity (Wildman–Crippen MR) is 73.4 cm³/mol. The average Bonchev–Trinajstić information content (AvgIpc) is 2.78. The summed E-state index contributed by atoms with van der Waals surface area (Å²) < 4.78 is 18.9. The van der Waals surface area contributed by atoms with E-state index >= 15 is 0 Å². The highest BCUT2D eigenvalue weighted by atomic mass is 32.2. The molecule has 1 unspecified atom stereocenters. The van der Waals surface area contributed by atoms with Crippen molar-refractivity contribution in [3.8, 4) is 11.5 Å². The second kappa shape index (κ2) is 5.13. The van der Waals surface area contributed by atoms with Gasteiger partial charge in [0.1, 0.15) is 23.4 Å². The second-order valence-electron chi connectivity index (χ2n) is 4.50. The van der Waals surface area contributed by atoms with Crippen molar-refractivity contribution < 1.29 is 14.2 Å². The van der Waals surface area contributed by atoms with Crippen LogP contribution in [0.15, 0.2) is 47.4 Å². The number of hydrogen-bond acceptors (Lipinski definition) is 3. The Morgan fingerprint density at radius 2 is 2.16 bits per heavy atom. The van der Waals surface area contributed by atoms with Crippen molar-refractivity contribution in [1.82, 2.24) is 0 Å². The highest BCUT2D eigenvalue weighted by molar-refractivity contribution is 7.99. The third-order valence-corrected chi connectivity index (χ3v) is 4.14. The molecule has 0 aliphatic carbocycles. The summed E-state index contributed by atoms with van der Waals surface area (Å²) in [6.07, 6.45) is 0.794. The zero-order chi connectivity index (χ0) is 13.2. The molecule has 0 saturated heterocycles. The van der Waals surface area contributed by atoms with Crippen molar-refractivity contribution in [3.05, 3.63) is 53.8 Å². The van der Waals surface area contributed by atoms with Crippen LogP contribution < -0.4 is 4.74 Å². The number of fused-ring (bicyclic) bond motifs is 1. The van der Waals surface area contributed by atoms with Crippen LogP contribution in [0.4, 0.5) is 4.39 Å². The fourth-order valence-electron chi connectivity index (χ4n) is 2.14. The van der Waals surface area contributed by atoms with Crippen LogP contribution in [-0.2, 0) is 6.42 Å². The SMILES string of the molecule is Oc1cccc(SCC2Cc3cc(F)ccc3O2)c1. The number of halogens is 1. The summed E-state index contributed by atoms with van der Waals surface area (Å²) >= 11 is 1.63. The fraction of sp³-hybridized carbons (Fsp3) is 0.200. The average molecular weight is 276 g/mol. The molecule has 0 amide bonds. The maximum Gasteiger partial charge on any atom is 0.123 e. The molecule has 98 valence electrons. The molecule has 1 atom stereocenters. The van der Waals surface area contributed by atoms with E-state index in [1.807, 2.05) is 12.1 Å². The predicted octanol–water partition coefficient (Wildman–Crippen LogP) is 3.63. The van der Waals surface area contributed by atoms with E-state index in [0.29, 0.717) is 0 Å². The summed E-state index contributed by atoms with van der Waals surface area (Å²) in [7, 11) is 0. The Labute approximate surface area is 115 Å². The lowest BCUT2D eigenvalue weighted by atomic mass is 10.1. The Kier molecular flexibility index (Phi) is 3.34. The summed E-state index contributed by atoms with van der Waals surface area (Å²) in [5, 5.41) is 9.39. The minimum Gasteiger partial charge on any atom is -0.508 e. The van der Waals surface area contributed by atoms with Crippen LogP contribution in [-0.4, -0.2) is 17.0 Å². The van der Waals surface area contributed by atoms with Crippen LogP contribution >= 0.6 is 11.8 Å². The van der Waals surface area contributed by atoms with Crippen LogP contribution in [0.5, 0.6) is 11.5 Å². The van der Waals surface area contributed by atoms with E-state index in [9.17, 15) is 9.50 Å². The number of ether oxygens (including phenoxy) is 1. The zero-order valence-corrected chi connectivity index (χ0v) is 11.0. The third-order valence-electron chi connectivity index (χ3n) is 3.02. The van der Waals surface area contributed by atoms with Crippen molar-refractivity contribution in [3.63, 3.8) is 0 Å². The molecule has 19 heavy (non-hydrogen) atoms. The van der Waals surface area contributed by atoms with Gasteiger partial charge in [0.2, 0.25) is 0 Å².